The number of carbonyl (C=O) groups excluding carboxylic acids is 1. The summed E-state index contributed by atoms with van der Waals surface area (Å²) in [7, 11) is 0. The van der Waals surface area contributed by atoms with E-state index in [2.05, 4.69) is 15.5 Å². The number of nitrogens with one attached hydrogen (secondary N) is 2. The zero-order chi connectivity index (χ0) is 12.1. The fourth-order valence-corrected chi connectivity index (χ4v) is 1.30. The molecule has 5 nitrogen and oxygen atoms in total. The number of aromatic nitrogens is 2. The van der Waals surface area contributed by atoms with Gasteiger partial charge in [-0.15, -0.1) is 0 Å². The minimum Gasteiger partial charge on any atom is -0.484 e. The molecule has 0 atom stereocenters. The van der Waals surface area contributed by atoms with Crippen molar-refractivity contribution in [2.24, 2.45) is 0 Å². The highest BCUT2D eigenvalue weighted by Gasteiger charge is 2.03. The van der Waals surface area contributed by atoms with Crippen LogP contribution in [0.4, 0.5) is 5.82 Å². The van der Waals surface area contributed by atoms with E-state index in [1.165, 1.54) is 0 Å². The van der Waals surface area contributed by atoms with Crippen LogP contribution in [-0.4, -0.2) is 22.7 Å². The maximum absolute atomic E-state index is 11.5. The number of aromatic amines is 1. The van der Waals surface area contributed by atoms with Gasteiger partial charge < -0.3 is 10.1 Å². The summed E-state index contributed by atoms with van der Waals surface area (Å²) in [6.45, 7) is 1.97. The third kappa shape index (κ3) is 3.34. The van der Waals surface area contributed by atoms with E-state index in [0.29, 0.717) is 11.6 Å². The van der Waals surface area contributed by atoms with Gasteiger partial charge in [0.25, 0.3) is 5.91 Å². The Morgan fingerprint density at radius 2 is 2.12 bits per heavy atom. The molecule has 0 fully saturated rings. The molecular formula is C12H13N3O2. The molecule has 0 unspecified atom stereocenters. The Morgan fingerprint density at radius 3 is 2.76 bits per heavy atom. The van der Waals surface area contributed by atoms with E-state index in [1.807, 2.05) is 31.2 Å². The molecule has 2 rings (SSSR count). The van der Waals surface area contributed by atoms with Crippen LogP contribution >= 0.6 is 0 Å². The number of benzene rings is 1. The Morgan fingerprint density at radius 1 is 1.35 bits per heavy atom. The molecule has 5 heteroatoms. The third-order valence-electron chi connectivity index (χ3n) is 2.17. The first kappa shape index (κ1) is 11.2. The van der Waals surface area contributed by atoms with Gasteiger partial charge >= 0.3 is 0 Å². The van der Waals surface area contributed by atoms with Gasteiger partial charge in [0.15, 0.2) is 6.61 Å². The molecule has 0 radical (unpaired) electrons. The predicted octanol–water partition coefficient (Wildman–Crippen LogP) is 1.74. The Kier molecular flexibility index (Phi) is 3.40. The number of ether oxygens (including phenoxy) is 1. The van der Waals surface area contributed by atoms with E-state index in [0.717, 1.165) is 5.56 Å². The lowest BCUT2D eigenvalue weighted by Gasteiger charge is -2.06. The van der Waals surface area contributed by atoms with Crippen molar-refractivity contribution in [1.82, 2.24) is 10.2 Å². The quantitative estimate of drug-likeness (QED) is 0.842. The van der Waals surface area contributed by atoms with Gasteiger partial charge in [0.05, 0.1) is 6.20 Å². The lowest BCUT2D eigenvalue weighted by atomic mass is 10.2. The minimum atomic E-state index is -0.227. The number of carbonyl (C=O) groups is 1. The average molecular weight is 231 g/mol. The van der Waals surface area contributed by atoms with Crippen molar-refractivity contribution in [3.63, 3.8) is 0 Å². The van der Waals surface area contributed by atoms with Gasteiger partial charge in [-0.25, -0.2) is 0 Å². The molecule has 88 valence electrons. The van der Waals surface area contributed by atoms with Gasteiger partial charge in [-0.2, -0.15) is 5.10 Å². The predicted molar refractivity (Wildman–Crippen MR) is 63.9 cm³/mol. The van der Waals surface area contributed by atoms with E-state index >= 15 is 0 Å². The van der Waals surface area contributed by atoms with Crippen molar-refractivity contribution in [2.75, 3.05) is 11.9 Å². The van der Waals surface area contributed by atoms with Crippen LogP contribution in [0.2, 0.25) is 0 Å². The number of hydrogen-bond donors (Lipinski definition) is 2. The summed E-state index contributed by atoms with van der Waals surface area (Å²) >= 11 is 0. The molecule has 2 aromatic rings. The molecule has 0 spiro atoms. The first-order valence-electron chi connectivity index (χ1n) is 5.23. The number of H-pyrrole nitrogens is 1. The Balaban J connectivity index is 1.82. The fourth-order valence-electron chi connectivity index (χ4n) is 1.30. The number of anilines is 1. The lowest BCUT2D eigenvalue weighted by Crippen LogP contribution is -2.20. The normalized spacial score (nSPS) is 9.94. The summed E-state index contributed by atoms with van der Waals surface area (Å²) in [4.78, 5) is 11.5. The van der Waals surface area contributed by atoms with Gasteiger partial charge in [-0.05, 0) is 19.1 Å². The average Bonchev–Trinajstić information content (AvgIpc) is 2.81. The third-order valence-corrected chi connectivity index (χ3v) is 2.17. The molecule has 0 saturated heterocycles. The van der Waals surface area contributed by atoms with Gasteiger partial charge in [0, 0.05) is 6.07 Å². The SMILES string of the molecule is Cc1ccc(OCC(=O)Nc2ccn[nH]2)cc1. The van der Waals surface area contributed by atoms with Crippen molar-refractivity contribution in [3.8, 4) is 5.75 Å². The van der Waals surface area contributed by atoms with Crippen molar-refractivity contribution in [2.45, 2.75) is 6.92 Å². The van der Waals surface area contributed by atoms with Crippen molar-refractivity contribution >= 4 is 11.7 Å². The van der Waals surface area contributed by atoms with E-state index in [1.54, 1.807) is 12.3 Å². The second-order valence-electron chi connectivity index (χ2n) is 3.62. The zero-order valence-corrected chi connectivity index (χ0v) is 9.43. The molecule has 1 amide bonds. The van der Waals surface area contributed by atoms with Gasteiger partial charge in [-0.1, -0.05) is 17.7 Å². The number of rotatable bonds is 4. The van der Waals surface area contributed by atoms with Crippen LogP contribution in [0.15, 0.2) is 36.5 Å². The summed E-state index contributed by atoms with van der Waals surface area (Å²) in [6.07, 6.45) is 1.57. The molecule has 1 heterocycles. The molecule has 1 aromatic heterocycles. The first-order chi connectivity index (χ1) is 8.24. The Labute approximate surface area is 98.8 Å². The smallest absolute Gasteiger partial charge is 0.263 e. The number of hydrogen-bond acceptors (Lipinski definition) is 3. The zero-order valence-electron chi connectivity index (χ0n) is 9.43. The standard InChI is InChI=1S/C12H13N3O2/c1-9-2-4-10(5-3-9)17-8-12(16)14-11-6-7-13-15-11/h2-7H,8H2,1H3,(H2,13,14,15,16). The lowest BCUT2D eigenvalue weighted by molar-refractivity contribution is -0.118. The summed E-state index contributed by atoms with van der Waals surface area (Å²) in [5, 5.41) is 8.98. The maximum Gasteiger partial charge on any atom is 0.263 e. The van der Waals surface area contributed by atoms with Crippen LogP contribution in [0.1, 0.15) is 5.56 Å². The topological polar surface area (TPSA) is 67.0 Å². The first-order valence-corrected chi connectivity index (χ1v) is 5.23. The van der Waals surface area contributed by atoms with Gasteiger partial charge in [0.2, 0.25) is 0 Å². The number of amides is 1. The van der Waals surface area contributed by atoms with Crippen LogP contribution in [0.3, 0.4) is 0 Å². The van der Waals surface area contributed by atoms with Crippen LogP contribution in [0.5, 0.6) is 5.75 Å². The molecule has 1 aromatic carbocycles. The Hall–Kier alpha value is -2.30. The summed E-state index contributed by atoms with van der Waals surface area (Å²) < 4.78 is 5.33. The molecule has 0 bridgehead atoms. The number of aryl methyl sites for hydroxylation is 1. The fraction of sp³-hybridized carbons (Fsp3) is 0.167. The van der Waals surface area contributed by atoms with E-state index < -0.39 is 0 Å². The second kappa shape index (κ2) is 5.16. The van der Waals surface area contributed by atoms with Crippen LogP contribution < -0.4 is 10.1 Å². The van der Waals surface area contributed by atoms with Crippen LogP contribution in [0.25, 0.3) is 0 Å². The molecule has 0 aliphatic carbocycles. The molecule has 0 aliphatic heterocycles. The molecular weight excluding hydrogens is 218 g/mol. The second-order valence-corrected chi connectivity index (χ2v) is 3.62. The molecule has 0 saturated carbocycles. The summed E-state index contributed by atoms with van der Waals surface area (Å²) in [5.41, 5.74) is 1.15. The number of nitrogens with zero attached hydrogens (tertiary/aromatic N) is 1. The maximum atomic E-state index is 11.5. The van der Waals surface area contributed by atoms with E-state index in [9.17, 15) is 4.79 Å². The van der Waals surface area contributed by atoms with Crippen molar-refractivity contribution in [3.05, 3.63) is 42.1 Å². The largest absolute Gasteiger partial charge is 0.484 e. The van der Waals surface area contributed by atoms with Gasteiger partial charge in [0.1, 0.15) is 11.6 Å². The van der Waals surface area contributed by atoms with Gasteiger partial charge in [-0.3, -0.25) is 9.89 Å². The molecule has 0 aliphatic rings. The van der Waals surface area contributed by atoms with Crippen LogP contribution in [-0.2, 0) is 4.79 Å². The van der Waals surface area contributed by atoms with E-state index in [-0.39, 0.29) is 12.5 Å². The highest BCUT2D eigenvalue weighted by molar-refractivity contribution is 5.90. The van der Waals surface area contributed by atoms with Crippen molar-refractivity contribution < 1.29 is 9.53 Å². The van der Waals surface area contributed by atoms with Crippen LogP contribution in [0, 0.1) is 6.92 Å². The monoisotopic (exact) mass is 231 g/mol. The highest BCUT2D eigenvalue weighted by atomic mass is 16.5. The van der Waals surface area contributed by atoms with Crippen molar-refractivity contribution in [1.29, 1.82) is 0 Å². The summed E-state index contributed by atoms with van der Waals surface area (Å²) in [6, 6.07) is 9.20. The minimum absolute atomic E-state index is 0.0257. The Bertz CT molecular complexity index is 477. The summed E-state index contributed by atoms with van der Waals surface area (Å²) in [5.74, 6) is 1.01. The molecule has 2 N–H and O–H groups in total. The van der Waals surface area contributed by atoms with E-state index in [4.69, 9.17) is 4.74 Å². The molecule has 17 heavy (non-hydrogen) atoms. The highest BCUT2D eigenvalue weighted by Crippen LogP contribution is 2.11.